The third-order valence-electron chi connectivity index (χ3n) is 5.89. The van der Waals surface area contributed by atoms with E-state index in [1.807, 2.05) is 6.07 Å². The number of rotatable bonds is 8. The van der Waals surface area contributed by atoms with Gasteiger partial charge in [-0.25, -0.2) is 9.59 Å². The Balaban J connectivity index is 1.71. The number of carbonyl (C=O) groups excluding carboxylic acids is 4. The predicted octanol–water partition coefficient (Wildman–Crippen LogP) is 6.10. The second-order valence-electron chi connectivity index (χ2n) is 10.2. The average molecular weight is 668 g/mol. The third-order valence-corrected chi connectivity index (χ3v) is 8.13. The smallest absolute Gasteiger partial charge is 0.410 e. The Bertz CT molecular complexity index is 1290. The number of hydrogen-bond acceptors (Lipinski definition) is 6. The molecule has 0 bridgehead atoms. The molecule has 14 heteroatoms. The molecule has 222 valence electrons. The molecule has 1 fully saturated rings. The number of halogens is 5. The Morgan fingerprint density at radius 1 is 0.951 bits per heavy atom. The van der Waals surface area contributed by atoms with Crippen molar-refractivity contribution in [2.24, 2.45) is 0 Å². The second kappa shape index (κ2) is 14.2. The van der Waals surface area contributed by atoms with Crippen molar-refractivity contribution in [2.75, 3.05) is 13.1 Å². The zero-order valence-corrected chi connectivity index (χ0v) is 26.1. The highest BCUT2D eigenvalue weighted by molar-refractivity contribution is 6.55. The summed E-state index contributed by atoms with van der Waals surface area (Å²) in [5.74, 6) is -2.43. The van der Waals surface area contributed by atoms with Gasteiger partial charge in [0.1, 0.15) is 34.3 Å². The van der Waals surface area contributed by atoms with Crippen LogP contribution in [0.1, 0.15) is 39.2 Å². The molecule has 0 radical (unpaired) electrons. The summed E-state index contributed by atoms with van der Waals surface area (Å²) in [6.07, 6.45) is 0.515. The summed E-state index contributed by atoms with van der Waals surface area (Å²) in [6, 6.07) is 7.09. The molecule has 41 heavy (non-hydrogen) atoms. The van der Waals surface area contributed by atoms with Gasteiger partial charge in [-0.3, -0.25) is 14.5 Å². The normalized spacial score (nSPS) is 15.7. The summed E-state index contributed by atoms with van der Waals surface area (Å²) in [7, 11) is 0. The first-order valence-electron chi connectivity index (χ1n) is 12.5. The van der Waals surface area contributed by atoms with Crippen molar-refractivity contribution in [1.29, 1.82) is 0 Å². The van der Waals surface area contributed by atoms with Gasteiger partial charge in [0.15, 0.2) is 5.75 Å². The van der Waals surface area contributed by atoms with Crippen molar-refractivity contribution in [3.05, 3.63) is 61.0 Å². The van der Waals surface area contributed by atoms with E-state index in [0.29, 0.717) is 19.4 Å². The van der Waals surface area contributed by atoms with Crippen molar-refractivity contribution >= 4 is 81.9 Å². The van der Waals surface area contributed by atoms with Crippen LogP contribution in [0.15, 0.2) is 30.3 Å². The van der Waals surface area contributed by atoms with Crippen molar-refractivity contribution in [3.63, 3.8) is 0 Å². The lowest BCUT2D eigenvalue weighted by atomic mass is 10.0. The molecule has 3 rings (SSSR count). The van der Waals surface area contributed by atoms with Gasteiger partial charge < -0.3 is 20.1 Å². The van der Waals surface area contributed by atoms with E-state index in [1.165, 1.54) is 4.90 Å². The monoisotopic (exact) mass is 665 g/mol. The topological polar surface area (TPSA) is 114 Å². The number of amides is 3. The predicted molar refractivity (Wildman–Crippen MR) is 158 cm³/mol. The van der Waals surface area contributed by atoms with E-state index < -0.39 is 48.1 Å². The van der Waals surface area contributed by atoms with Crippen molar-refractivity contribution in [1.82, 2.24) is 15.5 Å². The number of esters is 1. The highest BCUT2D eigenvalue weighted by atomic mass is 35.5. The van der Waals surface area contributed by atoms with Gasteiger partial charge >= 0.3 is 12.1 Å². The Labute approximate surface area is 262 Å². The van der Waals surface area contributed by atoms with E-state index in [2.05, 4.69) is 10.6 Å². The van der Waals surface area contributed by atoms with E-state index in [-0.39, 0.29) is 37.3 Å². The number of benzene rings is 2. The quantitative estimate of drug-likeness (QED) is 0.152. The van der Waals surface area contributed by atoms with Crippen molar-refractivity contribution < 1.29 is 28.7 Å². The molecule has 2 atom stereocenters. The molecule has 2 N–H and O–H groups in total. The van der Waals surface area contributed by atoms with Crippen LogP contribution in [0, 0.1) is 0 Å². The van der Waals surface area contributed by atoms with Crippen LogP contribution in [-0.4, -0.2) is 59.6 Å². The summed E-state index contributed by atoms with van der Waals surface area (Å²) in [6.45, 7) is 4.95. The van der Waals surface area contributed by atoms with Crippen molar-refractivity contribution in [3.8, 4) is 5.75 Å². The molecule has 3 amide bonds. The van der Waals surface area contributed by atoms with Crippen LogP contribution in [0.25, 0.3) is 0 Å². The van der Waals surface area contributed by atoms with Gasteiger partial charge in [-0.15, -0.1) is 0 Å². The highest BCUT2D eigenvalue weighted by Gasteiger charge is 2.38. The van der Waals surface area contributed by atoms with Gasteiger partial charge in [0.2, 0.25) is 11.8 Å². The number of carbonyl (C=O) groups is 4. The molecule has 1 saturated heterocycles. The van der Waals surface area contributed by atoms with Gasteiger partial charge in [0.05, 0.1) is 15.1 Å². The van der Waals surface area contributed by atoms with E-state index in [9.17, 15) is 19.2 Å². The van der Waals surface area contributed by atoms with Crippen LogP contribution in [0.5, 0.6) is 5.75 Å². The third kappa shape index (κ3) is 8.78. The molecular formula is C27H28Cl5N3O6. The summed E-state index contributed by atoms with van der Waals surface area (Å²) in [5.41, 5.74) is 0.0253. The standard InChI is InChI=1S/C27H28Cl5N3O6/c1-27(2,3)41-26(39)35-11-7-10-16(35)25(38)34-15(12-14-8-5-4-6-9-14)24(37)33-13-17(36)40-23-21(31)19(29)18(28)20(30)22(23)32/h4-6,8-9,15-16H,7,10-13H2,1-3H3,(H,33,37)(H,34,38). The Hall–Kier alpha value is -2.43. The van der Waals surface area contributed by atoms with E-state index in [0.717, 1.165) is 5.56 Å². The summed E-state index contributed by atoms with van der Waals surface area (Å²) in [5, 5.41) is 4.29. The van der Waals surface area contributed by atoms with Crippen LogP contribution in [0.2, 0.25) is 25.1 Å². The summed E-state index contributed by atoms with van der Waals surface area (Å²) >= 11 is 30.2. The van der Waals surface area contributed by atoms with Crippen LogP contribution in [0.4, 0.5) is 4.79 Å². The molecule has 1 aliphatic heterocycles. The fourth-order valence-corrected chi connectivity index (χ4v) is 5.21. The first-order chi connectivity index (χ1) is 19.2. The fraction of sp³-hybridized carbons (Fsp3) is 0.407. The number of ether oxygens (including phenoxy) is 2. The Kier molecular flexibility index (Phi) is 11.4. The first-order valence-corrected chi connectivity index (χ1v) is 14.4. The van der Waals surface area contributed by atoms with Gasteiger partial charge in [-0.2, -0.15) is 0 Å². The van der Waals surface area contributed by atoms with Crippen LogP contribution < -0.4 is 15.4 Å². The zero-order valence-electron chi connectivity index (χ0n) is 22.4. The fourth-order valence-electron chi connectivity index (χ4n) is 4.01. The molecule has 2 unspecified atom stereocenters. The maximum Gasteiger partial charge on any atom is 0.410 e. The molecular weight excluding hydrogens is 640 g/mol. The van der Waals surface area contributed by atoms with E-state index >= 15 is 0 Å². The lowest BCUT2D eigenvalue weighted by Gasteiger charge is -2.29. The van der Waals surface area contributed by atoms with Gasteiger partial charge in [0.25, 0.3) is 0 Å². The number of nitrogens with one attached hydrogen (secondary N) is 2. The van der Waals surface area contributed by atoms with Crippen LogP contribution >= 0.6 is 58.0 Å². The van der Waals surface area contributed by atoms with E-state index in [1.54, 1.807) is 45.0 Å². The zero-order chi connectivity index (χ0) is 30.5. The second-order valence-corrected chi connectivity index (χ2v) is 12.1. The number of nitrogens with zero attached hydrogens (tertiary/aromatic N) is 1. The molecule has 0 saturated carbocycles. The first kappa shape index (κ1) is 33.1. The minimum Gasteiger partial charge on any atom is -0.444 e. The number of likely N-dealkylation sites (tertiary alicyclic amines) is 1. The minimum atomic E-state index is -1.08. The van der Waals surface area contributed by atoms with Crippen molar-refractivity contribution in [2.45, 2.75) is 57.7 Å². The van der Waals surface area contributed by atoms with Gasteiger partial charge in [-0.1, -0.05) is 88.3 Å². The minimum absolute atomic E-state index is 0.108. The molecule has 0 spiro atoms. The molecule has 9 nitrogen and oxygen atoms in total. The largest absolute Gasteiger partial charge is 0.444 e. The molecule has 0 aliphatic carbocycles. The Morgan fingerprint density at radius 2 is 1.54 bits per heavy atom. The SMILES string of the molecule is CC(C)(C)OC(=O)N1CCCC1C(=O)NC(Cc1ccccc1)C(=O)NCC(=O)Oc1c(Cl)c(Cl)c(Cl)c(Cl)c1Cl. The lowest BCUT2D eigenvalue weighted by Crippen LogP contribution is -2.54. The molecule has 0 aromatic heterocycles. The summed E-state index contributed by atoms with van der Waals surface area (Å²) < 4.78 is 10.6. The molecule has 2 aromatic rings. The van der Waals surface area contributed by atoms with Crippen LogP contribution in [0.3, 0.4) is 0 Å². The van der Waals surface area contributed by atoms with E-state index in [4.69, 9.17) is 67.5 Å². The average Bonchev–Trinajstić information content (AvgIpc) is 3.42. The number of hydrogen-bond donors (Lipinski definition) is 2. The van der Waals surface area contributed by atoms with Crippen LogP contribution in [-0.2, 0) is 25.5 Å². The Morgan fingerprint density at radius 3 is 2.12 bits per heavy atom. The highest BCUT2D eigenvalue weighted by Crippen LogP contribution is 2.48. The van der Waals surface area contributed by atoms with Gasteiger partial charge in [-0.05, 0) is 39.2 Å². The summed E-state index contributed by atoms with van der Waals surface area (Å²) in [4.78, 5) is 53.1. The maximum absolute atomic E-state index is 13.3. The molecule has 1 heterocycles. The van der Waals surface area contributed by atoms with Gasteiger partial charge in [0, 0.05) is 13.0 Å². The lowest BCUT2D eigenvalue weighted by molar-refractivity contribution is -0.136. The molecule has 2 aromatic carbocycles. The molecule has 1 aliphatic rings. The maximum atomic E-state index is 13.3.